The van der Waals surface area contributed by atoms with Crippen LogP contribution < -0.4 is 5.32 Å². The van der Waals surface area contributed by atoms with Gasteiger partial charge in [0.2, 0.25) is 0 Å². The van der Waals surface area contributed by atoms with Crippen molar-refractivity contribution in [1.82, 2.24) is 0 Å². The van der Waals surface area contributed by atoms with E-state index < -0.39 is 17.5 Å². The lowest BCUT2D eigenvalue weighted by Crippen LogP contribution is -2.03. The van der Waals surface area contributed by atoms with Crippen LogP contribution in [-0.2, 0) is 6.54 Å². The van der Waals surface area contributed by atoms with Crippen molar-refractivity contribution in [2.45, 2.75) is 6.54 Å². The van der Waals surface area contributed by atoms with Gasteiger partial charge in [-0.2, -0.15) is 0 Å². The van der Waals surface area contributed by atoms with E-state index in [0.717, 1.165) is 20.6 Å². The molecule has 1 N–H and O–H groups in total. The van der Waals surface area contributed by atoms with E-state index in [0.29, 0.717) is 6.07 Å². The van der Waals surface area contributed by atoms with Crippen molar-refractivity contribution in [1.29, 1.82) is 0 Å². The maximum absolute atomic E-state index is 13.4. The lowest BCUT2D eigenvalue weighted by atomic mass is 10.2. The standard InChI is InChI=1S/C13H8Br2F3N/c14-9-2-1-7(3-10(9)15)6-19-12-5-8(16)4-11(17)13(12)18/h1-5,19H,6H2. The van der Waals surface area contributed by atoms with Crippen molar-refractivity contribution in [2.75, 3.05) is 5.32 Å². The molecule has 0 aliphatic carbocycles. The maximum atomic E-state index is 13.4. The van der Waals surface area contributed by atoms with E-state index in [9.17, 15) is 13.2 Å². The first-order valence-corrected chi connectivity index (χ1v) is 6.88. The number of nitrogens with one attached hydrogen (secondary N) is 1. The van der Waals surface area contributed by atoms with Gasteiger partial charge in [-0.25, -0.2) is 13.2 Å². The summed E-state index contributed by atoms with van der Waals surface area (Å²) in [5.74, 6) is -3.12. The summed E-state index contributed by atoms with van der Waals surface area (Å²) in [5.41, 5.74) is 0.649. The van der Waals surface area contributed by atoms with Crippen LogP contribution in [0, 0.1) is 17.5 Å². The van der Waals surface area contributed by atoms with Gasteiger partial charge in [-0.05, 0) is 49.6 Å². The molecule has 2 rings (SSSR count). The molecular formula is C13H8Br2F3N. The highest BCUT2D eigenvalue weighted by Gasteiger charge is 2.10. The van der Waals surface area contributed by atoms with Crippen molar-refractivity contribution in [3.05, 3.63) is 62.3 Å². The van der Waals surface area contributed by atoms with Gasteiger partial charge in [-0.15, -0.1) is 0 Å². The predicted octanol–water partition coefficient (Wildman–Crippen LogP) is 5.24. The van der Waals surface area contributed by atoms with Crippen LogP contribution in [0.4, 0.5) is 18.9 Å². The molecule has 100 valence electrons. The average molecular weight is 395 g/mol. The van der Waals surface area contributed by atoms with Crippen molar-refractivity contribution in [3.63, 3.8) is 0 Å². The van der Waals surface area contributed by atoms with Gasteiger partial charge in [-0.1, -0.05) is 6.07 Å². The molecule has 0 heterocycles. The normalized spacial score (nSPS) is 10.6. The molecule has 0 saturated carbocycles. The van der Waals surface area contributed by atoms with Crippen molar-refractivity contribution < 1.29 is 13.2 Å². The van der Waals surface area contributed by atoms with Gasteiger partial charge in [-0.3, -0.25) is 0 Å². The largest absolute Gasteiger partial charge is 0.378 e. The number of halogens is 5. The molecule has 0 unspecified atom stereocenters. The Kier molecular flexibility index (Phi) is 4.52. The van der Waals surface area contributed by atoms with Crippen molar-refractivity contribution in [2.24, 2.45) is 0 Å². The van der Waals surface area contributed by atoms with Crippen LogP contribution in [0.1, 0.15) is 5.56 Å². The Morgan fingerprint density at radius 3 is 2.37 bits per heavy atom. The van der Waals surface area contributed by atoms with Crippen LogP contribution in [0.25, 0.3) is 0 Å². The van der Waals surface area contributed by atoms with Gasteiger partial charge >= 0.3 is 0 Å². The fourth-order valence-corrected chi connectivity index (χ4v) is 2.20. The third-order valence-electron chi connectivity index (χ3n) is 2.46. The van der Waals surface area contributed by atoms with Crippen LogP contribution in [-0.4, -0.2) is 0 Å². The van der Waals surface area contributed by atoms with Gasteiger partial charge in [0.05, 0.1) is 5.69 Å². The van der Waals surface area contributed by atoms with Crippen LogP contribution in [0.5, 0.6) is 0 Å². The van der Waals surface area contributed by atoms with E-state index in [2.05, 4.69) is 37.2 Å². The zero-order valence-electron chi connectivity index (χ0n) is 9.48. The van der Waals surface area contributed by atoms with Crippen molar-refractivity contribution >= 4 is 37.5 Å². The molecule has 6 heteroatoms. The quantitative estimate of drug-likeness (QED) is 0.702. The SMILES string of the molecule is Fc1cc(F)c(F)c(NCc2ccc(Br)c(Br)c2)c1. The Balaban J connectivity index is 2.16. The summed E-state index contributed by atoms with van der Waals surface area (Å²) < 4.78 is 41.1. The summed E-state index contributed by atoms with van der Waals surface area (Å²) in [6.45, 7) is 0.256. The molecule has 0 bridgehead atoms. The van der Waals surface area contributed by atoms with E-state index in [1.807, 2.05) is 18.2 Å². The van der Waals surface area contributed by atoms with E-state index >= 15 is 0 Å². The molecule has 0 radical (unpaired) electrons. The number of hydrogen-bond donors (Lipinski definition) is 1. The van der Waals surface area contributed by atoms with Gasteiger partial charge in [0.1, 0.15) is 5.82 Å². The third kappa shape index (κ3) is 3.51. The second-order valence-corrected chi connectivity index (χ2v) is 5.56. The van der Waals surface area contributed by atoms with Gasteiger partial charge in [0, 0.05) is 27.6 Å². The number of benzene rings is 2. The Hall–Kier alpha value is -1.01. The van der Waals surface area contributed by atoms with Crippen LogP contribution in [0.15, 0.2) is 39.3 Å². The summed E-state index contributed by atoms with van der Waals surface area (Å²) >= 11 is 6.67. The molecule has 0 aliphatic heterocycles. The number of anilines is 1. The van der Waals surface area contributed by atoms with E-state index in [4.69, 9.17) is 0 Å². The van der Waals surface area contributed by atoms with E-state index in [1.54, 1.807) is 0 Å². The van der Waals surface area contributed by atoms with E-state index in [-0.39, 0.29) is 12.2 Å². The molecule has 1 nitrogen and oxygen atoms in total. The molecule has 0 spiro atoms. The minimum Gasteiger partial charge on any atom is -0.378 e. The molecule has 2 aromatic rings. The monoisotopic (exact) mass is 393 g/mol. The molecular weight excluding hydrogens is 387 g/mol. The third-order valence-corrected chi connectivity index (χ3v) is 4.34. The second-order valence-electron chi connectivity index (χ2n) is 3.85. The molecule has 0 atom stereocenters. The highest BCUT2D eigenvalue weighted by molar-refractivity contribution is 9.13. The first-order chi connectivity index (χ1) is 8.97. The lowest BCUT2D eigenvalue weighted by molar-refractivity contribution is 0.497. The first-order valence-electron chi connectivity index (χ1n) is 5.29. The molecule has 0 fully saturated rings. The van der Waals surface area contributed by atoms with Gasteiger partial charge < -0.3 is 5.32 Å². The van der Waals surface area contributed by atoms with Crippen LogP contribution in [0.3, 0.4) is 0 Å². The number of rotatable bonds is 3. The molecule has 0 amide bonds. The summed E-state index contributed by atoms with van der Waals surface area (Å²) in [6, 6.07) is 6.90. The predicted molar refractivity (Wildman–Crippen MR) is 75.5 cm³/mol. The smallest absolute Gasteiger partial charge is 0.182 e. The van der Waals surface area contributed by atoms with E-state index in [1.165, 1.54) is 0 Å². The average Bonchev–Trinajstić information content (AvgIpc) is 2.36. The Morgan fingerprint density at radius 2 is 1.68 bits per heavy atom. The second kappa shape index (κ2) is 5.96. The first kappa shape index (κ1) is 14.4. The number of hydrogen-bond acceptors (Lipinski definition) is 1. The molecule has 0 aromatic heterocycles. The Morgan fingerprint density at radius 1 is 0.947 bits per heavy atom. The summed E-state index contributed by atoms with van der Waals surface area (Å²) in [4.78, 5) is 0. The zero-order valence-corrected chi connectivity index (χ0v) is 12.7. The molecule has 19 heavy (non-hydrogen) atoms. The molecule has 0 aliphatic rings. The Labute approximate surface area is 125 Å². The topological polar surface area (TPSA) is 12.0 Å². The fraction of sp³-hybridized carbons (Fsp3) is 0.0769. The minimum absolute atomic E-state index is 0.198. The summed E-state index contributed by atoms with van der Waals surface area (Å²) in [7, 11) is 0. The lowest BCUT2D eigenvalue weighted by Gasteiger charge is -2.09. The summed E-state index contributed by atoms with van der Waals surface area (Å²) in [5, 5.41) is 2.67. The van der Waals surface area contributed by atoms with Gasteiger partial charge in [0.25, 0.3) is 0 Å². The zero-order chi connectivity index (χ0) is 14.0. The summed E-state index contributed by atoms with van der Waals surface area (Å²) in [6.07, 6.45) is 0. The fourth-order valence-electron chi connectivity index (χ4n) is 1.53. The highest BCUT2D eigenvalue weighted by atomic mass is 79.9. The highest BCUT2D eigenvalue weighted by Crippen LogP contribution is 2.25. The van der Waals surface area contributed by atoms with Crippen molar-refractivity contribution in [3.8, 4) is 0 Å². The molecule has 2 aromatic carbocycles. The van der Waals surface area contributed by atoms with Crippen LogP contribution in [0.2, 0.25) is 0 Å². The Bertz CT molecular complexity index is 617. The maximum Gasteiger partial charge on any atom is 0.182 e. The minimum atomic E-state index is -1.21. The molecule has 0 saturated heterocycles. The van der Waals surface area contributed by atoms with Crippen LogP contribution >= 0.6 is 31.9 Å². The van der Waals surface area contributed by atoms with Gasteiger partial charge in [0.15, 0.2) is 11.6 Å².